The molecule has 1 amide bonds. The summed E-state index contributed by atoms with van der Waals surface area (Å²) in [6.07, 6.45) is 1.09. The highest BCUT2D eigenvalue weighted by Gasteiger charge is 2.12. The lowest BCUT2D eigenvalue weighted by Crippen LogP contribution is -2.33. The maximum absolute atomic E-state index is 13.4. The molecule has 1 heterocycles. The van der Waals surface area contributed by atoms with Crippen molar-refractivity contribution in [2.45, 2.75) is 19.5 Å². The molecule has 1 aromatic heterocycles. The van der Waals surface area contributed by atoms with Gasteiger partial charge in [-0.1, -0.05) is 17.7 Å². The number of nitriles is 1. The summed E-state index contributed by atoms with van der Waals surface area (Å²) in [5.74, 6) is -0.851. The van der Waals surface area contributed by atoms with E-state index in [-0.39, 0.29) is 36.0 Å². The zero-order valence-electron chi connectivity index (χ0n) is 13.3. The number of benzene rings is 1. The van der Waals surface area contributed by atoms with Crippen molar-refractivity contribution < 1.29 is 9.18 Å². The number of rotatable bonds is 5. The van der Waals surface area contributed by atoms with E-state index in [4.69, 9.17) is 16.9 Å². The summed E-state index contributed by atoms with van der Waals surface area (Å²) in [6, 6.07) is 5.94. The Labute approximate surface area is 146 Å². The Morgan fingerprint density at radius 3 is 2.80 bits per heavy atom. The van der Waals surface area contributed by atoms with Crippen LogP contribution in [0.1, 0.15) is 17.5 Å². The van der Waals surface area contributed by atoms with Gasteiger partial charge in [-0.2, -0.15) is 5.26 Å². The lowest BCUT2D eigenvalue weighted by Gasteiger charge is -2.17. The number of carbonyl (C=O) groups is 1. The average molecular weight is 365 g/mol. The van der Waals surface area contributed by atoms with Crippen molar-refractivity contribution >= 4 is 17.5 Å². The molecule has 0 bridgehead atoms. The van der Waals surface area contributed by atoms with Crippen LogP contribution in [0.2, 0.25) is 5.02 Å². The van der Waals surface area contributed by atoms with Gasteiger partial charge in [0.1, 0.15) is 17.4 Å². The Balaban J connectivity index is 2.02. The topological polar surface area (TPSA) is 99.0 Å². The summed E-state index contributed by atoms with van der Waals surface area (Å²) in [4.78, 5) is 38.5. The van der Waals surface area contributed by atoms with Gasteiger partial charge in [-0.3, -0.25) is 19.1 Å². The normalized spacial score (nSPS) is 10.3. The first kappa shape index (κ1) is 18.4. The third-order valence-electron chi connectivity index (χ3n) is 3.53. The molecule has 0 saturated heterocycles. The molecular weight excluding hydrogens is 351 g/mol. The van der Waals surface area contributed by atoms with E-state index in [9.17, 15) is 18.8 Å². The Hall–Kier alpha value is -2.92. The van der Waals surface area contributed by atoms with E-state index in [2.05, 4.69) is 0 Å². The molecule has 0 aliphatic heterocycles. The number of H-pyrrole nitrogens is 1. The number of aryl methyl sites for hydroxylation is 1. The monoisotopic (exact) mass is 364 g/mol. The van der Waals surface area contributed by atoms with Gasteiger partial charge in [0.05, 0.1) is 5.02 Å². The van der Waals surface area contributed by atoms with E-state index in [1.54, 1.807) is 19.2 Å². The molecule has 0 unspecified atom stereocenters. The summed E-state index contributed by atoms with van der Waals surface area (Å²) in [5.41, 5.74) is -1.10. The Morgan fingerprint density at radius 2 is 2.16 bits per heavy atom. The van der Waals surface area contributed by atoms with E-state index in [1.165, 1.54) is 17.0 Å². The molecule has 0 aliphatic rings. The summed E-state index contributed by atoms with van der Waals surface area (Å²) < 4.78 is 14.5. The molecule has 0 saturated carbocycles. The minimum absolute atomic E-state index is 0.00243. The van der Waals surface area contributed by atoms with Gasteiger partial charge in [-0.15, -0.1) is 0 Å². The second-order valence-corrected chi connectivity index (χ2v) is 5.76. The van der Waals surface area contributed by atoms with Gasteiger partial charge in [0.2, 0.25) is 5.91 Å². The van der Waals surface area contributed by atoms with Crippen molar-refractivity contribution in [3.8, 4) is 6.07 Å². The average Bonchev–Trinajstić information content (AvgIpc) is 2.57. The molecule has 1 aromatic carbocycles. The van der Waals surface area contributed by atoms with Crippen LogP contribution in [-0.4, -0.2) is 27.4 Å². The molecule has 0 radical (unpaired) electrons. The van der Waals surface area contributed by atoms with Gasteiger partial charge in [0, 0.05) is 32.8 Å². The number of nitrogens with one attached hydrogen (secondary N) is 1. The minimum Gasteiger partial charge on any atom is -0.341 e. The molecule has 2 rings (SSSR count). The second-order valence-electron chi connectivity index (χ2n) is 5.36. The fourth-order valence-electron chi connectivity index (χ4n) is 2.16. The zero-order valence-corrected chi connectivity index (χ0v) is 14.0. The van der Waals surface area contributed by atoms with Gasteiger partial charge in [0.15, 0.2) is 0 Å². The lowest BCUT2D eigenvalue weighted by atomic mass is 10.2. The summed E-state index contributed by atoms with van der Waals surface area (Å²) in [7, 11) is 1.55. The van der Waals surface area contributed by atoms with Crippen LogP contribution in [0.15, 0.2) is 34.0 Å². The second kappa shape index (κ2) is 7.77. The highest BCUT2D eigenvalue weighted by Crippen LogP contribution is 2.16. The molecule has 2 aromatic rings. The quantitative estimate of drug-likeness (QED) is 0.863. The molecule has 0 aliphatic carbocycles. The molecule has 0 spiro atoms. The Morgan fingerprint density at radius 1 is 1.44 bits per heavy atom. The van der Waals surface area contributed by atoms with Crippen molar-refractivity contribution in [1.29, 1.82) is 5.26 Å². The van der Waals surface area contributed by atoms with Crippen molar-refractivity contribution in [2.24, 2.45) is 0 Å². The van der Waals surface area contributed by atoms with Crippen LogP contribution >= 0.6 is 11.6 Å². The standard InChI is InChI=1S/C16H14ClFN4O3/c1-21(8-10-2-3-12(17)13(18)6-10)14(23)4-5-22-9-11(7-19)15(24)20-16(22)25/h2-3,6,9H,4-5,8H2,1H3,(H,20,24,25). The van der Waals surface area contributed by atoms with Crippen LogP contribution in [0.5, 0.6) is 0 Å². The van der Waals surface area contributed by atoms with Crippen LogP contribution in [0.4, 0.5) is 4.39 Å². The summed E-state index contributed by atoms with van der Waals surface area (Å²) in [6.45, 7) is 0.180. The van der Waals surface area contributed by atoms with Gasteiger partial charge < -0.3 is 4.90 Å². The number of carbonyl (C=O) groups excluding carboxylic acids is 1. The van der Waals surface area contributed by atoms with Crippen molar-refractivity contribution in [3.63, 3.8) is 0 Å². The highest BCUT2D eigenvalue weighted by molar-refractivity contribution is 6.30. The van der Waals surface area contributed by atoms with E-state index >= 15 is 0 Å². The van der Waals surface area contributed by atoms with Crippen LogP contribution in [0.25, 0.3) is 0 Å². The number of halogens is 2. The molecule has 0 atom stereocenters. The number of nitrogens with zero attached hydrogens (tertiary/aromatic N) is 3. The first-order chi connectivity index (χ1) is 11.8. The lowest BCUT2D eigenvalue weighted by molar-refractivity contribution is -0.130. The van der Waals surface area contributed by atoms with E-state index < -0.39 is 17.1 Å². The Kier molecular flexibility index (Phi) is 5.72. The summed E-state index contributed by atoms with van der Waals surface area (Å²) >= 11 is 5.61. The molecule has 1 N–H and O–H groups in total. The minimum atomic E-state index is -0.767. The number of hydrogen-bond acceptors (Lipinski definition) is 4. The number of hydrogen-bond donors (Lipinski definition) is 1. The first-order valence-corrected chi connectivity index (χ1v) is 7.61. The van der Waals surface area contributed by atoms with E-state index in [0.717, 1.165) is 10.8 Å². The highest BCUT2D eigenvalue weighted by atomic mass is 35.5. The third kappa shape index (κ3) is 4.55. The molecule has 0 fully saturated rings. The smallest absolute Gasteiger partial charge is 0.328 e. The van der Waals surface area contributed by atoms with Gasteiger partial charge in [-0.05, 0) is 17.7 Å². The predicted octanol–water partition coefficient (Wildman–Crippen LogP) is 1.25. The first-order valence-electron chi connectivity index (χ1n) is 7.23. The fourth-order valence-corrected chi connectivity index (χ4v) is 2.28. The number of aromatic nitrogens is 2. The van der Waals surface area contributed by atoms with Crippen LogP contribution in [0, 0.1) is 17.1 Å². The summed E-state index contributed by atoms with van der Waals surface area (Å²) in [5, 5.41) is 8.81. The number of amides is 1. The largest absolute Gasteiger partial charge is 0.341 e. The van der Waals surface area contributed by atoms with Crippen molar-refractivity contribution in [1.82, 2.24) is 14.5 Å². The van der Waals surface area contributed by atoms with Gasteiger partial charge in [-0.25, -0.2) is 9.18 Å². The molecule has 25 heavy (non-hydrogen) atoms. The van der Waals surface area contributed by atoms with Crippen molar-refractivity contribution in [2.75, 3.05) is 7.05 Å². The van der Waals surface area contributed by atoms with Crippen molar-refractivity contribution in [3.05, 3.63) is 67.2 Å². The van der Waals surface area contributed by atoms with E-state index in [0.29, 0.717) is 5.56 Å². The van der Waals surface area contributed by atoms with Crippen LogP contribution in [0.3, 0.4) is 0 Å². The molecular formula is C16H14ClFN4O3. The maximum atomic E-state index is 13.4. The number of aromatic amines is 1. The van der Waals surface area contributed by atoms with Crippen LogP contribution < -0.4 is 11.2 Å². The zero-order chi connectivity index (χ0) is 18.6. The molecule has 7 nitrogen and oxygen atoms in total. The predicted molar refractivity (Wildman–Crippen MR) is 88.5 cm³/mol. The molecule has 130 valence electrons. The maximum Gasteiger partial charge on any atom is 0.328 e. The SMILES string of the molecule is CN(Cc1ccc(Cl)c(F)c1)C(=O)CCn1cc(C#N)c(=O)[nH]c1=O. The third-order valence-corrected chi connectivity index (χ3v) is 3.83. The van der Waals surface area contributed by atoms with Crippen LogP contribution in [-0.2, 0) is 17.9 Å². The fraction of sp³-hybridized carbons (Fsp3) is 0.250. The molecule has 9 heteroatoms. The van der Waals surface area contributed by atoms with E-state index in [1.807, 2.05) is 4.98 Å². The Bertz CT molecular complexity index is 961. The van der Waals surface area contributed by atoms with Gasteiger partial charge >= 0.3 is 5.69 Å². The van der Waals surface area contributed by atoms with Gasteiger partial charge in [0.25, 0.3) is 5.56 Å².